The van der Waals surface area contributed by atoms with Gasteiger partial charge in [0, 0.05) is 11.4 Å². The summed E-state index contributed by atoms with van der Waals surface area (Å²) in [7, 11) is 0. The highest BCUT2D eigenvalue weighted by Gasteiger charge is 2.08. The average molecular weight is 361 g/mol. The third-order valence-electron chi connectivity index (χ3n) is 3.54. The van der Waals surface area contributed by atoms with E-state index in [4.69, 9.17) is 9.47 Å². The molecular weight excluding hydrogens is 338 g/mol. The van der Waals surface area contributed by atoms with Gasteiger partial charge in [0.25, 0.3) is 5.91 Å². The molecule has 0 radical (unpaired) electrons. The second-order valence-electron chi connectivity index (χ2n) is 5.85. The third-order valence-corrected chi connectivity index (χ3v) is 4.48. The molecule has 134 valence electrons. The van der Waals surface area contributed by atoms with Gasteiger partial charge in [-0.15, -0.1) is 11.3 Å². The Hall–Kier alpha value is -2.34. The number of hydrogen-bond donors (Lipinski definition) is 1. The van der Waals surface area contributed by atoms with Crippen LogP contribution >= 0.6 is 11.3 Å². The SMILES string of the molecule is CC(C)c1ccc(OCC(=O)OCC(=O)NCCc2cccs2)cc1. The lowest BCUT2D eigenvalue weighted by Gasteiger charge is -2.09. The topological polar surface area (TPSA) is 64.6 Å². The molecule has 0 aliphatic carbocycles. The van der Waals surface area contributed by atoms with Gasteiger partial charge in [-0.05, 0) is 41.5 Å². The van der Waals surface area contributed by atoms with Crippen LogP contribution in [0.15, 0.2) is 41.8 Å². The average Bonchev–Trinajstić information content (AvgIpc) is 3.12. The van der Waals surface area contributed by atoms with Crippen LogP contribution in [0.4, 0.5) is 0 Å². The zero-order valence-electron chi connectivity index (χ0n) is 14.5. The van der Waals surface area contributed by atoms with Gasteiger partial charge >= 0.3 is 5.97 Å². The number of hydrogen-bond acceptors (Lipinski definition) is 5. The summed E-state index contributed by atoms with van der Waals surface area (Å²) in [5.41, 5.74) is 1.20. The lowest BCUT2D eigenvalue weighted by Crippen LogP contribution is -2.31. The van der Waals surface area contributed by atoms with Crippen LogP contribution < -0.4 is 10.1 Å². The molecule has 0 saturated heterocycles. The number of benzene rings is 1. The number of ether oxygens (including phenoxy) is 2. The van der Waals surface area contributed by atoms with E-state index in [0.717, 1.165) is 6.42 Å². The quantitative estimate of drug-likeness (QED) is 0.697. The molecule has 1 aromatic heterocycles. The maximum absolute atomic E-state index is 11.6. The van der Waals surface area contributed by atoms with Crippen LogP contribution in [0, 0.1) is 0 Å². The summed E-state index contributed by atoms with van der Waals surface area (Å²) >= 11 is 1.65. The van der Waals surface area contributed by atoms with Gasteiger partial charge in [-0.1, -0.05) is 32.0 Å². The van der Waals surface area contributed by atoms with E-state index in [0.29, 0.717) is 18.2 Å². The van der Waals surface area contributed by atoms with Gasteiger partial charge in [-0.25, -0.2) is 4.79 Å². The number of esters is 1. The van der Waals surface area contributed by atoms with Crippen molar-refractivity contribution in [1.29, 1.82) is 0 Å². The summed E-state index contributed by atoms with van der Waals surface area (Å²) in [4.78, 5) is 24.5. The second kappa shape index (κ2) is 9.84. The molecule has 0 saturated carbocycles. The van der Waals surface area contributed by atoms with Crippen molar-refractivity contribution in [3.8, 4) is 5.75 Å². The van der Waals surface area contributed by atoms with E-state index in [2.05, 4.69) is 19.2 Å². The first-order chi connectivity index (χ1) is 12.0. The van der Waals surface area contributed by atoms with Crippen molar-refractivity contribution in [2.45, 2.75) is 26.2 Å². The van der Waals surface area contributed by atoms with E-state index in [-0.39, 0.29) is 19.1 Å². The van der Waals surface area contributed by atoms with Crippen LogP contribution in [0.25, 0.3) is 0 Å². The maximum Gasteiger partial charge on any atom is 0.344 e. The first kappa shape index (κ1) is 19.0. The van der Waals surface area contributed by atoms with Crippen molar-refractivity contribution in [1.82, 2.24) is 5.32 Å². The predicted octanol–water partition coefficient (Wildman–Crippen LogP) is 3.15. The number of carbonyl (C=O) groups is 2. The Bertz CT molecular complexity index is 665. The lowest BCUT2D eigenvalue weighted by atomic mass is 10.0. The van der Waals surface area contributed by atoms with Gasteiger partial charge in [-0.2, -0.15) is 0 Å². The highest BCUT2D eigenvalue weighted by atomic mass is 32.1. The Balaban J connectivity index is 1.60. The van der Waals surface area contributed by atoms with E-state index in [1.54, 1.807) is 11.3 Å². The second-order valence-corrected chi connectivity index (χ2v) is 6.88. The molecule has 1 amide bonds. The molecule has 1 aromatic carbocycles. The normalized spacial score (nSPS) is 10.5. The molecule has 25 heavy (non-hydrogen) atoms. The fraction of sp³-hybridized carbons (Fsp3) is 0.368. The zero-order valence-corrected chi connectivity index (χ0v) is 15.3. The maximum atomic E-state index is 11.6. The highest BCUT2D eigenvalue weighted by Crippen LogP contribution is 2.18. The molecule has 1 N–H and O–H groups in total. The van der Waals surface area contributed by atoms with Crippen molar-refractivity contribution in [3.63, 3.8) is 0 Å². The summed E-state index contributed by atoms with van der Waals surface area (Å²) in [6.45, 7) is 4.23. The molecule has 0 fully saturated rings. The summed E-state index contributed by atoms with van der Waals surface area (Å²) in [6, 6.07) is 11.6. The van der Waals surface area contributed by atoms with E-state index in [9.17, 15) is 9.59 Å². The van der Waals surface area contributed by atoms with E-state index >= 15 is 0 Å². The number of rotatable bonds is 9. The van der Waals surface area contributed by atoms with Crippen molar-refractivity contribution in [3.05, 3.63) is 52.2 Å². The van der Waals surface area contributed by atoms with Gasteiger partial charge < -0.3 is 14.8 Å². The smallest absolute Gasteiger partial charge is 0.344 e. The molecular formula is C19H23NO4S. The molecule has 2 rings (SSSR count). The van der Waals surface area contributed by atoms with E-state index in [1.165, 1.54) is 10.4 Å². The number of amides is 1. The van der Waals surface area contributed by atoms with Crippen molar-refractivity contribution in [2.24, 2.45) is 0 Å². The lowest BCUT2D eigenvalue weighted by molar-refractivity contribution is -0.150. The monoisotopic (exact) mass is 361 g/mol. The standard InChI is InChI=1S/C19H23NO4S/c1-14(2)15-5-7-16(8-6-15)23-13-19(22)24-12-18(21)20-10-9-17-4-3-11-25-17/h3-8,11,14H,9-10,12-13H2,1-2H3,(H,20,21). The summed E-state index contributed by atoms with van der Waals surface area (Å²) in [5, 5.41) is 4.71. The zero-order chi connectivity index (χ0) is 18.1. The van der Waals surface area contributed by atoms with Crippen LogP contribution in [-0.2, 0) is 20.7 Å². The fourth-order valence-corrected chi connectivity index (χ4v) is 2.82. The van der Waals surface area contributed by atoms with Crippen LogP contribution in [0.3, 0.4) is 0 Å². The van der Waals surface area contributed by atoms with Crippen LogP contribution in [0.2, 0.25) is 0 Å². The Kier molecular flexibility index (Phi) is 7.47. The summed E-state index contributed by atoms with van der Waals surface area (Å²) in [5.74, 6) is 0.159. The molecule has 0 unspecified atom stereocenters. The minimum atomic E-state index is -0.568. The van der Waals surface area contributed by atoms with Gasteiger partial charge in [0.15, 0.2) is 13.2 Å². The molecule has 2 aromatic rings. The fourth-order valence-electron chi connectivity index (χ4n) is 2.11. The largest absolute Gasteiger partial charge is 0.482 e. The van der Waals surface area contributed by atoms with E-state index in [1.807, 2.05) is 41.8 Å². The summed E-state index contributed by atoms with van der Waals surface area (Å²) < 4.78 is 10.3. The third kappa shape index (κ3) is 6.97. The number of nitrogens with one attached hydrogen (secondary N) is 1. The molecule has 1 heterocycles. The Morgan fingerprint density at radius 2 is 1.88 bits per heavy atom. The van der Waals surface area contributed by atoms with Gasteiger partial charge in [0.1, 0.15) is 5.75 Å². The van der Waals surface area contributed by atoms with Crippen LogP contribution in [0.1, 0.15) is 30.2 Å². The van der Waals surface area contributed by atoms with Crippen LogP contribution in [-0.4, -0.2) is 31.6 Å². The molecule has 0 aliphatic rings. The number of thiophene rings is 1. The molecule has 0 spiro atoms. The van der Waals surface area contributed by atoms with Crippen molar-refractivity contribution < 1.29 is 19.1 Å². The highest BCUT2D eigenvalue weighted by molar-refractivity contribution is 7.09. The molecule has 6 heteroatoms. The molecule has 5 nitrogen and oxygen atoms in total. The van der Waals surface area contributed by atoms with Crippen molar-refractivity contribution >= 4 is 23.2 Å². The Labute approximate surface area is 152 Å². The Morgan fingerprint density at radius 1 is 1.12 bits per heavy atom. The molecule has 0 aliphatic heterocycles. The molecule has 0 atom stereocenters. The first-order valence-corrected chi connectivity index (χ1v) is 9.10. The molecule has 0 bridgehead atoms. The summed E-state index contributed by atoms with van der Waals surface area (Å²) in [6.07, 6.45) is 0.771. The first-order valence-electron chi connectivity index (χ1n) is 8.22. The van der Waals surface area contributed by atoms with E-state index < -0.39 is 5.97 Å². The Morgan fingerprint density at radius 3 is 2.52 bits per heavy atom. The van der Waals surface area contributed by atoms with Gasteiger partial charge in [-0.3, -0.25) is 4.79 Å². The van der Waals surface area contributed by atoms with Crippen LogP contribution in [0.5, 0.6) is 5.75 Å². The predicted molar refractivity (Wildman–Crippen MR) is 98.0 cm³/mol. The minimum Gasteiger partial charge on any atom is -0.482 e. The number of carbonyl (C=O) groups excluding carboxylic acids is 2. The van der Waals surface area contributed by atoms with Gasteiger partial charge in [0.2, 0.25) is 0 Å². The minimum absolute atomic E-state index is 0.219. The van der Waals surface area contributed by atoms with Crippen molar-refractivity contribution in [2.75, 3.05) is 19.8 Å². The van der Waals surface area contributed by atoms with Gasteiger partial charge in [0.05, 0.1) is 0 Å².